The molecule has 0 saturated heterocycles. The highest BCUT2D eigenvalue weighted by Gasteiger charge is 2.68. The Hall–Kier alpha value is -2.92. The van der Waals surface area contributed by atoms with E-state index in [0.29, 0.717) is 24.0 Å². The zero-order chi connectivity index (χ0) is 32.3. The highest BCUT2D eigenvalue weighted by atomic mass is 32.2. The van der Waals surface area contributed by atoms with E-state index in [1.165, 1.54) is 0 Å². The predicted octanol–water partition coefficient (Wildman–Crippen LogP) is 5.93. The molecule has 4 aliphatic rings. The molecule has 0 amide bonds. The molecule has 4 aliphatic carbocycles. The van der Waals surface area contributed by atoms with Crippen LogP contribution in [0.4, 0.5) is 0 Å². The summed E-state index contributed by atoms with van der Waals surface area (Å²) in [4.78, 5) is 25.9. The molecule has 4 bridgehead atoms. The SMILES string of the molecule is CC1(C)C2CCC1(CS(=O)(=O)O)C(=O)C2=Cc1ccccc1.CC1(C)C2CCC1(CS(=O)(=O)O)C(=O)C2=Cc1ccccc1. The topological polar surface area (TPSA) is 143 Å². The van der Waals surface area contributed by atoms with E-state index in [-0.39, 0.29) is 23.4 Å². The van der Waals surface area contributed by atoms with Gasteiger partial charge in [0.2, 0.25) is 0 Å². The van der Waals surface area contributed by atoms with Gasteiger partial charge in [-0.25, -0.2) is 0 Å². The van der Waals surface area contributed by atoms with Crippen LogP contribution in [0.15, 0.2) is 71.8 Å². The van der Waals surface area contributed by atoms with Crippen LogP contribution in [0.2, 0.25) is 0 Å². The Morgan fingerprint density at radius 2 is 0.955 bits per heavy atom. The molecule has 44 heavy (non-hydrogen) atoms. The summed E-state index contributed by atoms with van der Waals surface area (Å²) in [6.45, 7) is 7.78. The smallest absolute Gasteiger partial charge is 0.265 e. The van der Waals surface area contributed by atoms with Crippen LogP contribution in [-0.2, 0) is 29.8 Å². The van der Waals surface area contributed by atoms with Gasteiger partial charge < -0.3 is 0 Å². The first-order chi connectivity index (χ1) is 20.3. The van der Waals surface area contributed by atoms with Crippen molar-refractivity contribution in [2.24, 2.45) is 33.5 Å². The average molecular weight is 641 g/mol. The number of rotatable bonds is 6. The Morgan fingerprint density at radius 1 is 0.636 bits per heavy atom. The second kappa shape index (κ2) is 10.9. The summed E-state index contributed by atoms with van der Waals surface area (Å²) >= 11 is 0. The second-order valence-electron chi connectivity index (χ2n) is 13.9. The number of allylic oxidation sites excluding steroid dienone is 2. The lowest BCUT2D eigenvalue weighted by Gasteiger charge is -2.34. The monoisotopic (exact) mass is 640 g/mol. The van der Waals surface area contributed by atoms with Crippen LogP contribution in [0.1, 0.15) is 64.5 Å². The number of Topliss-reactive ketones (excluding diaryl/α,β-unsaturated/α-hetero) is 2. The summed E-state index contributed by atoms with van der Waals surface area (Å²) in [6, 6.07) is 19.1. The third-order valence-electron chi connectivity index (χ3n) is 11.2. The van der Waals surface area contributed by atoms with E-state index >= 15 is 0 Å². The van der Waals surface area contributed by atoms with E-state index in [9.17, 15) is 35.5 Å². The second-order valence-corrected chi connectivity index (χ2v) is 16.8. The van der Waals surface area contributed by atoms with E-state index in [1.807, 2.05) is 101 Å². The van der Waals surface area contributed by atoms with Crippen molar-refractivity contribution >= 4 is 44.0 Å². The third kappa shape index (κ3) is 5.33. The van der Waals surface area contributed by atoms with Gasteiger partial charge in [0, 0.05) is 11.1 Å². The minimum Gasteiger partial charge on any atom is -0.294 e. The van der Waals surface area contributed by atoms with Gasteiger partial charge in [0.25, 0.3) is 20.2 Å². The summed E-state index contributed by atoms with van der Waals surface area (Å²) < 4.78 is 64.4. The molecular formula is C34H40O8S2. The van der Waals surface area contributed by atoms with E-state index in [4.69, 9.17) is 0 Å². The van der Waals surface area contributed by atoms with Crippen LogP contribution in [0.25, 0.3) is 12.2 Å². The van der Waals surface area contributed by atoms with Crippen LogP contribution < -0.4 is 0 Å². The number of carbonyl (C=O) groups is 2. The third-order valence-corrected chi connectivity index (χ3v) is 12.9. The normalized spacial score (nSPS) is 31.9. The summed E-state index contributed by atoms with van der Waals surface area (Å²) in [5.74, 6) is -1.10. The molecule has 0 radical (unpaired) electrons. The molecule has 0 spiro atoms. The van der Waals surface area contributed by atoms with Gasteiger partial charge in [0.1, 0.15) is 0 Å². The maximum atomic E-state index is 12.9. The van der Waals surface area contributed by atoms with E-state index < -0.39 is 53.4 Å². The van der Waals surface area contributed by atoms with Gasteiger partial charge in [-0.05, 0) is 71.6 Å². The van der Waals surface area contributed by atoms with Crippen molar-refractivity contribution in [3.63, 3.8) is 0 Å². The van der Waals surface area contributed by atoms with Gasteiger partial charge in [-0.3, -0.25) is 18.7 Å². The van der Waals surface area contributed by atoms with Gasteiger partial charge >= 0.3 is 0 Å². The summed E-state index contributed by atoms with van der Waals surface area (Å²) in [7, 11) is -8.40. The van der Waals surface area contributed by atoms with Crippen LogP contribution >= 0.6 is 0 Å². The number of hydrogen-bond acceptors (Lipinski definition) is 6. The fraction of sp³-hybridized carbons (Fsp3) is 0.471. The first kappa shape index (κ1) is 32.5. The largest absolute Gasteiger partial charge is 0.294 e. The van der Waals surface area contributed by atoms with Crippen molar-refractivity contribution in [3.8, 4) is 0 Å². The highest BCUT2D eigenvalue weighted by Crippen LogP contribution is 2.67. The fourth-order valence-corrected chi connectivity index (χ4v) is 11.2. The lowest BCUT2D eigenvalue weighted by atomic mass is 9.70. The van der Waals surface area contributed by atoms with E-state index in [2.05, 4.69) is 0 Å². The maximum absolute atomic E-state index is 12.9. The standard InChI is InChI=1S/2C17H20O4S/c2*1-16(2)14-8-9-17(16,11-22(19,20)21)15(18)13(14)10-12-6-4-3-5-7-12/h2*3-7,10,14H,8-9,11H2,1-2H3,(H,19,20,21). The number of ketones is 2. The minimum atomic E-state index is -4.20. The molecular weight excluding hydrogens is 601 g/mol. The molecule has 0 aliphatic heterocycles. The van der Waals surface area contributed by atoms with Crippen molar-refractivity contribution in [2.45, 2.75) is 53.4 Å². The molecule has 2 aromatic carbocycles. The summed E-state index contributed by atoms with van der Waals surface area (Å²) in [5, 5.41) is 0. The number of hydrogen-bond donors (Lipinski definition) is 2. The van der Waals surface area contributed by atoms with Crippen molar-refractivity contribution in [2.75, 3.05) is 11.5 Å². The number of benzene rings is 2. The summed E-state index contributed by atoms with van der Waals surface area (Å²) in [6.07, 6.45) is 6.37. The molecule has 4 saturated carbocycles. The van der Waals surface area contributed by atoms with Crippen LogP contribution in [0.3, 0.4) is 0 Å². The minimum absolute atomic E-state index is 0.0435. The average Bonchev–Trinajstić information content (AvgIpc) is 3.43. The van der Waals surface area contributed by atoms with Crippen LogP contribution in [-0.4, -0.2) is 49.0 Å². The lowest BCUT2D eigenvalue weighted by molar-refractivity contribution is -0.125. The molecule has 0 aromatic heterocycles. The first-order valence-electron chi connectivity index (χ1n) is 14.9. The lowest BCUT2D eigenvalue weighted by Crippen LogP contribution is -2.42. The summed E-state index contributed by atoms with van der Waals surface area (Å²) in [5.41, 5.74) is 0.378. The number of fused-ring (bicyclic) bond motifs is 4. The van der Waals surface area contributed by atoms with Crippen molar-refractivity contribution in [1.82, 2.24) is 0 Å². The Bertz CT molecular complexity index is 1620. The van der Waals surface area contributed by atoms with Crippen molar-refractivity contribution in [1.29, 1.82) is 0 Å². The predicted molar refractivity (Wildman–Crippen MR) is 170 cm³/mol. The van der Waals surface area contributed by atoms with Crippen molar-refractivity contribution in [3.05, 3.63) is 82.9 Å². The maximum Gasteiger partial charge on any atom is 0.265 e. The van der Waals surface area contributed by atoms with E-state index in [1.54, 1.807) is 0 Å². The van der Waals surface area contributed by atoms with Gasteiger partial charge in [0.15, 0.2) is 11.6 Å². The Kier molecular flexibility index (Phi) is 8.01. The first-order valence-corrected chi connectivity index (χ1v) is 18.1. The Balaban J connectivity index is 0.000000175. The quantitative estimate of drug-likeness (QED) is 0.292. The van der Waals surface area contributed by atoms with Gasteiger partial charge in [0.05, 0.1) is 22.3 Å². The van der Waals surface area contributed by atoms with Crippen LogP contribution in [0, 0.1) is 33.5 Å². The molecule has 2 aromatic rings. The molecule has 236 valence electrons. The zero-order valence-electron chi connectivity index (χ0n) is 25.5. The van der Waals surface area contributed by atoms with Crippen molar-refractivity contribution < 1.29 is 35.5 Å². The van der Waals surface area contributed by atoms with Gasteiger partial charge in [-0.15, -0.1) is 0 Å². The fourth-order valence-electron chi connectivity index (χ4n) is 8.64. The molecule has 4 unspecified atom stereocenters. The number of carbonyl (C=O) groups excluding carboxylic acids is 2. The zero-order valence-corrected chi connectivity index (χ0v) is 27.1. The van der Waals surface area contributed by atoms with Gasteiger partial charge in [-0.1, -0.05) is 88.4 Å². The molecule has 8 nitrogen and oxygen atoms in total. The van der Waals surface area contributed by atoms with Gasteiger partial charge in [-0.2, -0.15) is 16.8 Å². The van der Waals surface area contributed by atoms with E-state index in [0.717, 1.165) is 24.0 Å². The molecule has 10 heteroatoms. The molecule has 6 rings (SSSR count). The Morgan fingerprint density at radius 3 is 1.25 bits per heavy atom. The Labute approximate surface area is 260 Å². The molecule has 4 fully saturated rings. The molecule has 2 N–H and O–H groups in total. The van der Waals surface area contributed by atoms with Crippen LogP contribution in [0.5, 0.6) is 0 Å². The molecule has 4 atom stereocenters. The molecule has 0 heterocycles. The highest BCUT2D eigenvalue weighted by molar-refractivity contribution is 7.86.